The maximum atomic E-state index is 11.8. The summed E-state index contributed by atoms with van der Waals surface area (Å²) >= 11 is 0. The van der Waals surface area contributed by atoms with Crippen LogP contribution in [0.25, 0.3) is 0 Å². The van der Waals surface area contributed by atoms with E-state index in [-0.39, 0.29) is 32.5 Å². The molecule has 0 aromatic heterocycles. The lowest BCUT2D eigenvalue weighted by atomic mass is 9.56. The van der Waals surface area contributed by atoms with Crippen molar-refractivity contribution in [1.29, 1.82) is 0 Å². The molecular weight excluding hydrogens is 576 g/mol. The molecule has 3 aromatic carbocycles. The third-order valence-corrected chi connectivity index (χ3v) is 11.6. The SMILES string of the molecule is CCC(C)(c1ccc(O)cc1)C1CCC(c2cc(C(C)(C)C)c(O)c(C(C)(C)C)c2)(c2cc(C(C)(C)C)c(O)c(C(C)(C)C)c2)CC1. The van der Waals surface area contributed by atoms with Gasteiger partial charge in [-0.05, 0) is 116 Å². The lowest BCUT2D eigenvalue weighted by molar-refractivity contribution is 0.171. The zero-order chi connectivity index (χ0) is 35.5. The molecule has 3 aromatic rings. The molecule has 1 aliphatic carbocycles. The van der Waals surface area contributed by atoms with Crippen LogP contribution in [-0.2, 0) is 32.5 Å². The smallest absolute Gasteiger partial charge is 0.123 e. The van der Waals surface area contributed by atoms with Crippen molar-refractivity contribution in [3.8, 4) is 17.2 Å². The molecule has 0 radical (unpaired) electrons. The van der Waals surface area contributed by atoms with E-state index in [0.717, 1.165) is 54.4 Å². The van der Waals surface area contributed by atoms with E-state index >= 15 is 0 Å². The molecule has 1 aliphatic rings. The Labute approximate surface area is 286 Å². The zero-order valence-corrected chi connectivity index (χ0v) is 32.1. The van der Waals surface area contributed by atoms with Crippen LogP contribution in [0.2, 0.25) is 0 Å². The lowest BCUT2D eigenvalue weighted by Gasteiger charge is -2.48. The number of aromatic hydroxyl groups is 3. The Morgan fingerprint density at radius 2 is 0.872 bits per heavy atom. The summed E-state index contributed by atoms with van der Waals surface area (Å²) in [6.45, 7) is 31.1. The highest BCUT2D eigenvalue weighted by molar-refractivity contribution is 5.57. The maximum Gasteiger partial charge on any atom is 0.123 e. The summed E-state index contributed by atoms with van der Waals surface area (Å²) < 4.78 is 0. The minimum atomic E-state index is -0.290. The first-order valence-corrected chi connectivity index (χ1v) is 17.9. The molecule has 1 unspecified atom stereocenters. The van der Waals surface area contributed by atoms with Crippen LogP contribution in [0.3, 0.4) is 0 Å². The second-order valence-corrected chi connectivity index (χ2v) is 19.0. The van der Waals surface area contributed by atoms with Gasteiger partial charge in [-0.15, -0.1) is 0 Å². The summed E-state index contributed by atoms with van der Waals surface area (Å²) in [5, 5.41) is 33.5. The fraction of sp³-hybridized carbons (Fsp3) is 0.591. The number of hydrogen-bond acceptors (Lipinski definition) is 3. The fourth-order valence-corrected chi connectivity index (χ4v) is 8.17. The molecule has 1 atom stereocenters. The summed E-state index contributed by atoms with van der Waals surface area (Å²) in [5.41, 5.74) is 6.58. The van der Waals surface area contributed by atoms with Crippen molar-refractivity contribution in [2.45, 2.75) is 162 Å². The Morgan fingerprint density at radius 1 is 0.553 bits per heavy atom. The van der Waals surface area contributed by atoms with E-state index in [1.165, 1.54) is 16.7 Å². The van der Waals surface area contributed by atoms with Crippen LogP contribution in [0.5, 0.6) is 17.2 Å². The van der Waals surface area contributed by atoms with Crippen molar-refractivity contribution in [2.75, 3.05) is 0 Å². The van der Waals surface area contributed by atoms with Crippen LogP contribution >= 0.6 is 0 Å². The van der Waals surface area contributed by atoms with E-state index in [2.05, 4.69) is 133 Å². The number of phenols is 3. The van der Waals surface area contributed by atoms with Gasteiger partial charge in [0.1, 0.15) is 17.2 Å². The van der Waals surface area contributed by atoms with Gasteiger partial charge in [0.05, 0.1) is 0 Å². The van der Waals surface area contributed by atoms with Gasteiger partial charge < -0.3 is 15.3 Å². The average Bonchev–Trinajstić information content (AvgIpc) is 2.95. The summed E-state index contributed by atoms with van der Waals surface area (Å²) in [5.74, 6) is 1.62. The van der Waals surface area contributed by atoms with Crippen molar-refractivity contribution in [2.24, 2.45) is 5.92 Å². The Kier molecular flexibility index (Phi) is 9.57. The van der Waals surface area contributed by atoms with Gasteiger partial charge in [-0.2, -0.15) is 0 Å². The van der Waals surface area contributed by atoms with Crippen molar-refractivity contribution in [3.05, 3.63) is 87.5 Å². The lowest BCUT2D eigenvalue weighted by Crippen LogP contribution is -2.41. The molecule has 4 rings (SSSR count). The minimum absolute atomic E-state index is 0.00987. The number of benzene rings is 3. The number of hydrogen-bond donors (Lipinski definition) is 3. The highest BCUT2D eigenvalue weighted by Gasteiger charge is 2.46. The van der Waals surface area contributed by atoms with E-state index in [0.29, 0.717) is 23.2 Å². The van der Waals surface area contributed by atoms with Crippen LogP contribution in [0.15, 0.2) is 48.5 Å². The van der Waals surface area contributed by atoms with Crippen LogP contribution in [0, 0.1) is 5.92 Å². The first kappa shape index (κ1) is 36.9. The van der Waals surface area contributed by atoms with Crippen LogP contribution < -0.4 is 0 Å². The highest BCUT2D eigenvalue weighted by Crippen LogP contribution is 2.55. The summed E-state index contributed by atoms with van der Waals surface area (Å²) in [7, 11) is 0. The topological polar surface area (TPSA) is 60.7 Å². The fourth-order valence-electron chi connectivity index (χ4n) is 8.17. The van der Waals surface area contributed by atoms with Gasteiger partial charge in [-0.3, -0.25) is 0 Å². The van der Waals surface area contributed by atoms with Crippen molar-refractivity contribution < 1.29 is 15.3 Å². The highest BCUT2D eigenvalue weighted by atomic mass is 16.3. The van der Waals surface area contributed by atoms with Gasteiger partial charge in [-0.25, -0.2) is 0 Å². The molecule has 258 valence electrons. The van der Waals surface area contributed by atoms with Gasteiger partial charge >= 0.3 is 0 Å². The third-order valence-electron chi connectivity index (χ3n) is 11.6. The van der Waals surface area contributed by atoms with E-state index in [1.54, 1.807) is 0 Å². The van der Waals surface area contributed by atoms with E-state index < -0.39 is 0 Å². The van der Waals surface area contributed by atoms with Gasteiger partial charge in [0.2, 0.25) is 0 Å². The second kappa shape index (κ2) is 12.2. The van der Waals surface area contributed by atoms with Gasteiger partial charge in [0.15, 0.2) is 0 Å². The minimum Gasteiger partial charge on any atom is -0.508 e. The molecule has 0 heterocycles. The number of rotatable bonds is 5. The molecule has 0 saturated heterocycles. The van der Waals surface area contributed by atoms with Crippen LogP contribution in [0.4, 0.5) is 0 Å². The van der Waals surface area contributed by atoms with Gasteiger partial charge in [-0.1, -0.05) is 133 Å². The molecular formula is C44H64O3. The molecule has 3 nitrogen and oxygen atoms in total. The quantitative estimate of drug-likeness (QED) is 0.260. The Hall–Kier alpha value is -2.94. The van der Waals surface area contributed by atoms with Crippen molar-refractivity contribution in [3.63, 3.8) is 0 Å². The molecule has 3 heteroatoms. The zero-order valence-electron chi connectivity index (χ0n) is 32.1. The summed E-state index contributed by atoms with van der Waals surface area (Å²) in [6, 6.07) is 17.1. The summed E-state index contributed by atoms with van der Waals surface area (Å²) in [4.78, 5) is 0. The average molecular weight is 641 g/mol. The molecule has 3 N–H and O–H groups in total. The largest absolute Gasteiger partial charge is 0.508 e. The molecule has 0 amide bonds. The first-order valence-electron chi connectivity index (χ1n) is 17.9. The third kappa shape index (κ3) is 6.97. The van der Waals surface area contributed by atoms with Crippen LogP contribution in [-0.4, -0.2) is 15.3 Å². The Balaban J connectivity index is 2.03. The predicted octanol–water partition coefficient (Wildman–Crippen LogP) is 11.8. The maximum absolute atomic E-state index is 11.8. The number of phenolic OH excluding ortho intramolecular Hbond substituents is 3. The second-order valence-electron chi connectivity index (χ2n) is 19.0. The molecule has 0 bridgehead atoms. The van der Waals surface area contributed by atoms with E-state index in [4.69, 9.17) is 0 Å². The van der Waals surface area contributed by atoms with Crippen molar-refractivity contribution >= 4 is 0 Å². The molecule has 0 spiro atoms. The molecule has 1 saturated carbocycles. The van der Waals surface area contributed by atoms with E-state index in [9.17, 15) is 15.3 Å². The predicted molar refractivity (Wildman–Crippen MR) is 200 cm³/mol. The van der Waals surface area contributed by atoms with E-state index in [1.807, 2.05) is 12.1 Å². The van der Waals surface area contributed by atoms with Gasteiger partial charge in [0.25, 0.3) is 0 Å². The first-order chi connectivity index (χ1) is 21.4. The monoisotopic (exact) mass is 640 g/mol. The standard InChI is InChI=1S/C44H64O3/c1-15-43(14,28-16-18-32(45)19-17-28)29-20-22-44(23-21-29,30-24-33(39(2,3)4)37(46)34(25-30)40(5,6)7)31-26-35(41(8,9)10)38(47)36(27-31)42(11,12)13/h16-19,24-27,29,45-47H,15,20-23H2,1-14H3. The summed E-state index contributed by atoms with van der Waals surface area (Å²) in [6.07, 6.45) is 5.08. The van der Waals surface area contributed by atoms with Crippen molar-refractivity contribution in [1.82, 2.24) is 0 Å². The van der Waals surface area contributed by atoms with Gasteiger partial charge in [0, 0.05) is 5.41 Å². The normalized spacial score (nSPS) is 17.8. The molecule has 1 fully saturated rings. The Morgan fingerprint density at radius 3 is 1.15 bits per heavy atom. The molecule has 47 heavy (non-hydrogen) atoms. The Bertz CT molecular complexity index is 1420. The molecule has 0 aliphatic heterocycles. The van der Waals surface area contributed by atoms with Crippen LogP contribution in [0.1, 0.15) is 168 Å².